The van der Waals surface area contributed by atoms with Gasteiger partial charge in [0.25, 0.3) is 0 Å². The maximum atomic E-state index is 13.1. The summed E-state index contributed by atoms with van der Waals surface area (Å²) in [5.74, 6) is 2.85. The Balaban J connectivity index is 1.24. The summed E-state index contributed by atoms with van der Waals surface area (Å²) >= 11 is 0. The van der Waals surface area contributed by atoms with Crippen LogP contribution in [-0.2, 0) is 20.7 Å². The third kappa shape index (κ3) is 3.97. The van der Waals surface area contributed by atoms with Gasteiger partial charge in [0.15, 0.2) is 0 Å². The van der Waals surface area contributed by atoms with E-state index in [9.17, 15) is 9.59 Å². The van der Waals surface area contributed by atoms with Gasteiger partial charge in [-0.05, 0) is 86.2 Å². The molecule has 4 heteroatoms. The number of nitrogens with one attached hydrogen (secondary N) is 1. The number of ketones is 1. The summed E-state index contributed by atoms with van der Waals surface area (Å²) in [6, 6.07) is 9.26. The second-order valence-corrected chi connectivity index (χ2v) is 10.7. The fraction of sp³-hybridized carbons (Fsp3) is 0.704. The Labute approximate surface area is 186 Å². The van der Waals surface area contributed by atoms with Gasteiger partial charge >= 0.3 is 0 Å². The van der Waals surface area contributed by atoms with Gasteiger partial charge in [0.1, 0.15) is 5.78 Å². The van der Waals surface area contributed by atoms with Crippen LogP contribution >= 0.6 is 0 Å². The first-order valence-corrected chi connectivity index (χ1v) is 12.5. The molecule has 1 aromatic rings. The van der Waals surface area contributed by atoms with Crippen LogP contribution < -0.4 is 5.32 Å². The normalized spacial score (nSPS) is 35.2. The molecule has 4 nitrogen and oxygen atoms in total. The van der Waals surface area contributed by atoms with E-state index in [1.807, 2.05) is 0 Å². The van der Waals surface area contributed by atoms with Gasteiger partial charge < -0.3 is 10.1 Å². The Morgan fingerprint density at radius 1 is 1.16 bits per heavy atom. The lowest BCUT2D eigenvalue weighted by atomic mass is 9.54. The third-order valence-electron chi connectivity index (χ3n) is 9.05. The number of rotatable bonds is 5. The summed E-state index contributed by atoms with van der Waals surface area (Å²) in [5, 5.41) is 3.19. The second kappa shape index (κ2) is 8.69. The number of carbonyl (C=O) groups is 2. The minimum absolute atomic E-state index is 0.136. The van der Waals surface area contributed by atoms with E-state index in [1.165, 1.54) is 12.0 Å². The lowest BCUT2D eigenvalue weighted by Crippen LogP contribution is -2.44. The molecule has 1 heterocycles. The van der Waals surface area contributed by atoms with E-state index in [4.69, 9.17) is 4.74 Å². The Morgan fingerprint density at radius 2 is 1.97 bits per heavy atom. The predicted molar refractivity (Wildman–Crippen MR) is 121 cm³/mol. The first kappa shape index (κ1) is 21.2. The quantitative estimate of drug-likeness (QED) is 0.740. The Hall–Kier alpha value is -1.68. The van der Waals surface area contributed by atoms with E-state index in [1.54, 1.807) is 5.56 Å². The molecule has 3 fully saturated rings. The molecule has 2 saturated carbocycles. The number of amides is 1. The van der Waals surface area contributed by atoms with E-state index in [0.29, 0.717) is 35.9 Å². The van der Waals surface area contributed by atoms with E-state index >= 15 is 0 Å². The molecule has 1 aromatic carbocycles. The van der Waals surface area contributed by atoms with Gasteiger partial charge in [-0.2, -0.15) is 0 Å². The maximum Gasteiger partial charge on any atom is 0.220 e. The van der Waals surface area contributed by atoms with Gasteiger partial charge in [-0.25, -0.2) is 0 Å². The number of Topliss-reactive ketones (excluding diaryl/α,β-unsaturated/α-hetero) is 1. The minimum atomic E-state index is -0.136. The van der Waals surface area contributed by atoms with Crippen molar-refractivity contribution in [1.29, 1.82) is 0 Å². The number of carbonyl (C=O) groups excluding carboxylic acids is 2. The lowest BCUT2D eigenvalue weighted by Gasteiger charge is -2.50. The number of hydrogen-bond donors (Lipinski definition) is 1. The van der Waals surface area contributed by atoms with Crippen molar-refractivity contribution >= 4 is 11.7 Å². The highest BCUT2D eigenvalue weighted by Gasteiger charge is 2.58. The zero-order valence-corrected chi connectivity index (χ0v) is 18.9. The molecule has 168 valence electrons. The molecular formula is C27H37NO3. The van der Waals surface area contributed by atoms with Crippen molar-refractivity contribution in [1.82, 2.24) is 5.32 Å². The third-order valence-corrected chi connectivity index (χ3v) is 9.05. The lowest BCUT2D eigenvalue weighted by molar-refractivity contribution is -0.129. The van der Waals surface area contributed by atoms with E-state index in [2.05, 4.69) is 36.5 Å². The maximum absolute atomic E-state index is 13.1. The SMILES string of the molecule is C[C@]12CCC3c4ccccc4CCC3C1C(CCCC(=O)NC1CCOCC1)CC2=O. The monoisotopic (exact) mass is 423 g/mol. The van der Waals surface area contributed by atoms with Crippen molar-refractivity contribution in [2.45, 2.75) is 83.1 Å². The Bertz CT molecular complexity index is 830. The van der Waals surface area contributed by atoms with E-state index in [0.717, 1.165) is 64.6 Å². The predicted octanol–water partition coefficient (Wildman–Crippen LogP) is 4.80. The largest absolute Gasteiger partial charge is 0.381 e. The fourth-order valence-electron chi connectivity index (χ4n) is 7.51. The van der Waals surface area contributed by atoms with Gasteiger partial charge in [-0.15, -0.1) is 0 Å². The molecule has 1 N–H and O–H groups in total. The van der Waals surface area contributed by atoms with Gasteiger partial charge in [-0.3, -0.25) is 9.59 Å². The highest BCUT2D eigenvalue weighted by Crippen LogP contribution is 2.62. The van der Waals surface area contributed by atoms with E-state index < -0.39 is 0 Å². The zero-order chi connectivity index (χ0) is 21.4. The molecule has 5 rings (SSSR count). The van der Waals surface area contributed by atoms with Crippen LogP contribution in [0, 0.1) is 23.2 Å². The number of benzene rings is 1. The molecule has 4 unspecified atom stereocenters. The molecule has 4 aliphatic rings. The van der Waals surface area contributed by atoms with Crippen LogP contribution in [0.4, 0.5) is 0 Å². The molecule has 1 amide bonds. The smallest absolute Gasteiger partial charge is 0.220 e. The fourth-order valence-corrected chi connectivity index (χ4v) is 7.51. The number of ether oxygens (including phenoxy) is 1. The van der Waals surface area contributed by atoms with Crippen LogP contribution in [0.5, 0.6) is 0 Å². The molecule has 3 aliphatic carbocycles. The summed E-state index contributed by atoms with van der Waals surface area (Å²) in [6.45, 7) is 3.76. The number of aryl methyl sites for hydroxylation is 1. The average Bonchev–Trinajstić information content (AvgIpc) is 3.04. The summed E-state index contributed by atoms with van der Waals surface area (Å²) in [6.07, 6.45) is 9.63. The average molecular weight is 424 g/mol. The van der Waals surface area contributed by atoms with Gasteiger partial charge in [0, 0.05) is 37.5 Å². The van der Waals surface area contributed by atoms with Crippen LogP contribution in [0.3, 0.4) is 0 Å². The van der Waals surface area contributed by atoms with Crippen LogP contribution in [0.1, 0.15) is 81.8 Å². The highest BCUT2D eigenvalue weighted by atomic mass is 16.5. The molecule has 1 aliphatic heterocycles. The van der Waals surface area contributed by atoms with Crippen molar-refractivity contribution < 1.29 is 14.3 Å². The van der Waals surface area contributed by atoms with Crippen LogP contribution in [0.2, 0.25) is 0 Å². The van der Waals surface area contributed by atoms with Crippen molar-refractivity contribution in [3.8, 4) is 0 Å². The molecule has 0 spiro atoms. The Morgan fingerprint density at radius 3 is 2.81 bits per heavy atom. The standard InChI is InChI=1S/C27H37NO3/c1-27-14-11-22-21-7-3-2-5-18(21)9-10-23(22)26(27)19(17-24(27)29)6-4-8-25(30)28-20-12-15-31-16-13-20/h2-3,5,7,19-20,22-23,26H,4,6,8-17H2,1H3,(H,28,30)/t19?,22?,23?,26?,27-/m1/s1. The van der Waals surface area contributed by atoms with Gasteiger partial charge in [0.2, 0.25) is 5.91 Å². The number of hydrogen-bond acceptors (Lipinski definition) is 3. The highest BCUT2D eigenvalue weighted by molar-refractivity contribution is 5.87. The van der Waals surface area contributed by atoms with Crippen LogP contribution in [0.15, 0.2) is 24.3 Å². The second-order valence-electron chi connectivity index (χ2n) is 10.7. The van der Waals surface area contributed by atoms with Crippen molar-refractivity contribution in [2.24, 2.45) is 23.2 Å². The van der Waals surface area contributed by atoms with Crippen molar-refractivity contribution in [2.75, 3.05) is 13.2 Å². The molecule has 0 bridgehead atoms. The van der Waals surface area contributed by atoms with Gasteiger partial charge in [-0.1, -0.05) is 31.2 Å². The van der Waals surface area contributed by atoms with E-state index in [-0.39, 0.29) is 17.4 Å². The van der Waals surface area contributed by atoms with Crippen molar-refractivity contribution in [3.05, 3.63) is 35.4 Å². The summed E-state index contributed by atoms with van der Waals surface area (Å²) in [7, 11) is 0. The van der Waals surface area contributed by atoms with Gasteiger partial charge in [0.05, 0.1) is 0 Å². The van der Waals surface area contributed by atoms with Crippen LogP contribution in [0.25, 0.3) is 0 Å². The number of fused-ring (bicyclic) bond motifs is 5. The Kier molecular flexibility index (Phi) is 5.94. The summed E-state index contributed by atoms with van der Waals surface area (Å²) in [5.41, 5.74) is 2.94. The molecule has 5 atom stereocenters. The first-order chi connectivity index (χ1) is 15.1. The molecular weight excluding hydrogens is 386 g/mol. The first-order valence-electron chi connectivity index (χ1n) is 12.5. The summed E-state index contributed by atoms with van der Waals surface area (Å²) < 4.78 is 5.38. The van der Waals surface area contributed by atoms with Crippen molar-refractivity contribution in [3.63, 3.8) is 0 Å². The molecule has 0 aromatic heterocycles. The molecule has 1 saturated heterocycles. The molecule has 0 radical (unpaired) electrons. The summed E-state index contributed by atoms with van der Waals surface area (Å²) in [4.78, 5) is 25.6. The molecule has 31 heavy (non-hydrogen) atoms. The topological polar surface area (TPSA) is 55.4 Å². The van der Waals surface area contributed by atoms with Crippen LogP contribution in [-0.4, -0.2) is 30.9 Å². The minimum Gasteiger partial charge on any atom is -0.381 e. The zero-order valence-electron chi connectivity index (χ0n) is 18.9.